The van der Waals surface area contributed by atoms with Crippen LogP contribution in [0.4, 0.5) is 0 Å². The highest BCUT2D eigenvalue weighted by Gasteiger charge is 2.25. The molecule has 0 bridgehead atoms. The lowest BCUT2D eigenvalue weighted by atomic mass is 10.1. The number of oxime groups is 1. The average molecular weight is 311 g/mol. The molecule has 1 aliphatic rings. The molecule has 1 aromatic rings. The van der Waals surface area contributed by atoms with Crippen LogP contribution < -0.4 is 11.1 Å². The van der Waals surface area contributed by atoms with Crippen LogP contribution in [0.15, 0.2) is 29.4 Å². The van der Waals surface area contributed by atoms with E-state index >= 15 is 0 Å². The van der Waals surface area contributed by atoms with E-state index in [4.69, 9.17) is 10.9 Å². The average Bonchev–Trinajstić information content (AvgIpc) is 2.48. The quantitative estimate of drug-likeness (QED) is 0.316. The van der Waals surface area contributed by atoms with Gasteiger partial charge < -0.3 is 16.3 Å². The van der Waals surface area contributed by atoms with Crippen molar-refractivity contribution in [3.8, 4) is 0 Å². The number of sulfone groups is 1. The molecule has 0 unspecified atom stereocenters. The van der Waals surface area contributed by atoms with Gasteiger partial charge >= 0.3 is 0 Å². The summed E-state index contributed by atoms with van der Waals surface area (Å²) >= 11 is 0. The number of hydrogen-bond acceptors (Lipinski definition) is 5. The molecule has 7 nitrogen and oxygen atoms in total. The fourth-order valence-electron chi connectivity index (χ4n) is 2.18. The van der Waals surface area contributed by atoms with E-state index in [-0.39, 0.29) is 29.3 Å². The zero-order chi connectivity index (χ0) is 15.5. The molecule has 4 N–H and O–H groups in total. The van der Waals surface area contributed by atoms with Gasteiger partial charge in [-0.05, 0) is 25.0 Å². The van der Waals surface area contributed by atoms with Crippen LogP contribution in [-0.4, -0.2) is 42.9 Å². The van der Waals surface area contributed by atoms with Crippen molar-refractivity contribution in [1.29, 1.82) is 0 Å². The molecule has 2 rings (SSSR count). The van der Waals surface area contributed by atoms with Crippen LogP contribution >= 0.6 is 0 Å². The summed E-state index contributed by atoms with van der Waals surface area (Å²) in [7, 11) is -2.95. The third kappa shape index (κ3) is 3.94. The van der Waals surface area contributed by atoms with Crippen LogP contribution in [0, 0.1) is 0 Å². The monoisotopic (exact) mass is 311 g/mol. The Morgan fingerprint density at radius 3 is 2.52 bits per heavy atom. The Balaban J connectivity index is 2.04. The molecule has 8 heteroatoms. The number of amides is 1. The van der Waals surface area contributed by atoms with Crippen molar-refractivity contribution < 1.29 is 18.4 Å². The molecular formula is C13H17N3O4S. The fraction of sp³-hybridized carbons (Fsp3) is 0.385. The van der Waals surface area contributed by atoms with E-state index in [2.05, 4.69) is 10.5 Å². The molecule has 1 saturated heterocycles. The van der Waals surface area contributed by atoms with Crippen molar-refractivity contribution in [2.75, 3.05) is 11.5 Å². The summed E-state index contributed by atoms with van der Waals surface area (Å²) in [6.45, 7) is 0. The first-order valence-corrected chi connectivity index (χ1v) is 8.32. The summed E-state index contributed by atoms with van der Waals surface area (Å²) < 4.78 is 22.7. The Bertz CT molecular complexity index is 656. The largest absolute Gasteiger partial charge is 0.409 e. The molecule has 1 fully saturated rings. The molecule has 0 atom stereocenters. The highest BCUT2D eigenvalue weighted by molar-refractivity contribution is 7.91. The van der Waals surface area contributed by atoms with Gasteiger partial charge in [-0.25, -0.2) is 8.42 Å². The zero-order valence-corrected chi connectivity index (χ0v) is 12.1. The standard InChI is InChI=1S/C13H17N3O4S/c14-12(16-18)9-2-1-3-10(8-9)13(17)15-11-4-6-21(19,20)7-5-11/h1-3,8,11,18H,4-7H2,(H2,14,16)(H,15,17). The first-order valence-electron chi connectivity index (χ1n) is 6.50. The second-order valence-electron chi connectivity index (χ2n) is 4.97. The van der Waals surface area contributed by atoms with Crippen molar-refractivity contribution in [2.24, 2.45) is 10.9 Å². The minimum Gasteiger partial charge on any atom is -0.409 e. The molecule has 1 aromatic carbocycles. The number of benzene rings is 1. The van der Waals surface area contributed by atoms with Crippen LogP contribution in [0.5, 0.6) is 0 Å². The molecule has 0 radical (unpaired) electrons. The van der Waals surface area contributed by atoms with Gasteiger partial charge in [0.2, 0.25) is 0 Å². The lowest BCUT2D eigenvalue weighted by Crippen LogP contribution is -2.40. The minimum atomic E-state index is -2.95. The predicted octanol–water partition coefficient (Wildman–Crippen LogP) is 0.0881. The number of amidine groups is 1. The van der Waals surface area contributed by atoms with Crippen LogP contribution in [0.1, 0.15) is 28.8 Å². The number of hydrogen-bond donors (Lipinski definition) is 3. The van der Waals surface area contributed by atoms with E-state index in [9.17, 15) is 13.2 Å². The van der Waals surface area contributed by atoms with E-state index in [1.165, 1.54) is 6.07 Å². The Hall–Kier alpha value is -2.09. The van der Waals surface area contributed by atoms with Gasteiger partial charge in [-0.1, -0.05) is 17.3 Å². The summed E-state index contributed by atoms with van der Waals surface area (Å²) in [6, 6.07) is 6.24. The highest BCUT2D eigenvalue weighted by Crippen LogP contribution is 2.13. The van der Waals surface area contributed by atoms with Crippen molar-refractivity contribution in [3.05, 3.63) is 35.4 Å². The molecule has 0 aliphatic carbocycles. The van der Waals surface area contributed by atoms with Gasteiger partial charge in [0.25, 0.3) is 5.91 Å². The van der Waals surface area contributed by atoms with Gasteiger partial charge in [0.15, 0.2) is 5.84 Å². The van der Waals surface area contributed by atoms with E-state index in [1.807, 2.05) is 0 Å². The Morgan fingerprint density at radius 1 is 1.29 bits per heavy atom. The van der Waals surface area contributed by atoms with Crippen LogP contribution in [-0.2, 0) is 9.84 Å². The van der Waals surface area contributed by atoms with Gasteiger partial charge in [0.1, 0.15) is 9.84 Å². The number of rotatable bonds is 3. The summed E-state index contributed by atoms with van der Waals surface area (Å²) in [5.41, 5.74) is 6.30. The smallest absolute Gasteiger partial charge is 0.251 e. The second kappa shape index (κ2) is 6.13. The number of nitrogens with two attached hydrogens (primary N) is 1. The lowest BCUT2D eigenvalue weighted by molar-refractivity contribution is 0.0934. The summed E-state index contributed by atoms with van der Waals surface area (Å²) in [4.78, 5) is 12.1. The highest BCUT2D eigenvalue weighted by atomic mass is 32.2. The third-order valence-corrected chi connectivity index (χ3v) is 5.13. The molecule has 1 amide bonds. The molecule has 0 saturated carbocycles. The maximum Gasteiger partial charge on any atom is 0.251 e. The Kier molecular flexibility index (Phi) is 4.46. The van der Waals surface area contributed by atoms with Crippen molar-refractivity contribution in [3.63, 3.8) is 0 Å². The number of carbonyl (C=O) groups excluding carboxylic acids is 1. The maximum absolute atomic E-state index is 12.1. The normalized spacial score (nSPS) is 19.1. The molecule has 21 heavy (non-hydrogen) atoms. The van der Waals surface area contributed by atoms with E-state index in [0.717, 1.165) is 0 Å². The molecular weight excluding hydrogens is 294 g/mol. The summed E-state index contributed by atoms with van der Waals surface area (Å²) in [5, 5.41) is 14.3. The van der Waals surface area contributed by atoms with E-state index in [1.54, 1.807) is 18.2 Å². The SMILES string of the molecule is N/C(=N\O)c1cccc(C(=O)NC2CCS(=O)(=O)CC2)c1. The molecule has 1 heterocycles. The van der Waals surface area contributed by atoms with Gasteiger partial charge in [0, 0.05) is 17.2 Å². The second-order valence-corrected chi connectivity index (χ2v) is 7.27. The topological polar surface area (TPSA) is 122 Å². The maximum atomic E-state index is 12.1. The lowest BCUT2D eigenvalue weighted by Gasteiger charge is -2.23. The molecule has 1 aliphatic heterocycles. The third-order valence-electron chi connectivity index (χ3n) is 3.42. The Morgan fingerprint density at radius 2 is 1.90 bits per heavy atom. The number of carbonyl (C=O) groups is 1. The van der Waals surface area contributed by atoms with Gasteiger partial charge in [-0.3, -0.25) is 4.79 Å². The van der Waals surface area contributed by atoms with Gasteiger partial charge in [0.05, 0.1) is 11.5 Å². The van der Waals surface area contributed by atoms with Crippen LogP contribution in [0.25, 0.3) is 0 Å². The predicted molar refractivity (Wildman–Crippen MR) is 78.1 cm³/mol. The van der Waals surface area contributed by atoms with Crippen LogP contribution in [0.2, 0.25) is 0 Å². The van der Waals surface area contributed by atoms with Crippen molar-refractivity contribution >= 4 is 21.6 Å². The van der Waals surface area contributed by atoms with E-state index < -0.39 is 9.84 Å². The van der Waals surface area contributed by atoms with Crippen molar-refractivity contribution in [2.45, 2.75) is 18.9 Å². The zero-order valence-electron chi connectivity index (χ0n) is 11.3. The minimum absolute atomic E-state index is 0.0755. The van der Waals surface area contributed by atoms with Crippen LogP contribution in [0.3, 0.4) is 0 Å². The Labute approximate surface area is 122 Å². The summed E-state index contributed by atoms with van der Waals surface area (Å²) in [6.07, 6.45) is 0.849. The fourth-order valence-corrected chi connectivity index (χ4v) is 3.67. The molecule has 0 aromatic heterocycles. The van der Waals surface area contributed by atoms with Gasteiger partial charge in [-0.15, -0.1) is 0 Å². The first kappa shape index (κ1) is 15.3. The van der Waals surface area contributed by atoms with Gasteiger partial charge in [-0.2, -0.15) is 0 Å². The van der Waals surface area contributed by atoms with Crippen molar-refractivity contribution in [1.82, 2.24) is 5.32 Å². The van der Waals surface area contributed by atoms with E-state index in [0.29, 0.717) is 24.0 Å². The summed E-state index contributed by atoms with van der Waals surface area (Å²) in [5.74, 6) is -0.176. The molecule has 0 spiro atoms. The number of nitrogens with one attached hydrogen (secondary N) is 1. The molecule has 114 valence electrons. The number of nitrogens with zero attached hydrogens (tertiary/aromatic N) is 1. The first-order chi connectivity index (χ1) is 9.91.